The van der Waals surface area contributed by atoms with Gasteiger partial charge >= 0.3 is 12.1 Å². The molecular formula is C18H26F3NO2. The predicted molar refractivity (Wildman–Crippen MR) is 87.6 cm³/mol. The van der Waals surface area contributed by atoms with Gasteiger partial charge in [0.1, 0.15) is 11.1 Å². The van der Waals surface area contributed by atoms with E-state index < -0.39 is 29.7 Å². The molecule has 0 aliphatic carbocycles. The van der Waals surface area contributed by atoms with E-state index in [0.29, 0.717) is 5.56 Å². The van der Waals surface area contributed by atoms with Crippen LogP contribution in [-0.4, -0.2) is 23.3 Å². The van der Waals surface area contributed by atoms with E-state index in [1.54, 1.807) is 32.9 Å². The standard InChI is InChI=1S/C18H26F3NO2/c1-5-6-13-7-9-14(10-8-13)11-17(22,12-18(19,20)21)15(23)24-16(2,3)4/h7-10H,5-6,11-12,22H2,1-4H3/t17-/m0/s1. The van der Waals surface area contributed by atoms with Gasteiger partial charge in [-0.05, 0) is 38.3 Å². The highest BCUT2D eigenvalue weighted by Gasteiger charge is 2.47. The lowest BCUT2D eigenvalue weighted by atomic mass is 9.87. The van der Waals surface area contributed by atoms with Crippen LogP contribution in [0, 0.1) is 0 Å². The molecule has 2 N–H and O–H groups in total. The average Bonchev–Trinajstić information content (AvgIpc) is 2.37. The Hall–Kier alpha value is -1.56. The maximum atomic E-state index is 12.9. The summed E-state index contributed by atoms with van der Waals surface area (Å²) in [5.41, 5.74) is 4.49. The number of carbonyl (C=O) groups is 1. The SMILES string of the molecule is CCCc1ccc(C[C@](N)(CC(F)(F)F)C(=O)OC(C)(C)C)cc1. The molecule has 0 unspecified atom stereocenters. The fourth-order valence-corrected chi connectivity index (χ4v) is 2.42. The molecule has 6 heteroatoms. The van der Waals surface area contributed by atoms with Gasteiger partial charge in [-0.1, -0.05) is 37.6 Å². The zero-order chi connectivity index (χ0) is 18.6. The first-order chi connectivity index (χ1) is 10.8. The number of carbonyl (C=O) groups excluding carboxylic acids is 1. The molecule has 136 valence electrons. The summed E-state index contributed by atoms with van der Waals surface area (Å²) >= 11 is 0. The van der Waals surface area contributed by atoms with Crippen LogP contribution in [0.4, 0.5) is 13.2 Å². The fraction of sp³-hybridized carbons (Fsp3) is 0.611. The molecule has 24 heavy (non-hydrogen) atoms. The van der Waals surface area contributed by atoms with Gasteiger partial charge in [-0.2, -0.15) is 13.2 Å². The number of benzene rings is 1. The number of alkyl halides is 3. The quantitative estimate of drug-likeness (QED) is 0.787. The van der Waals surface area contributed by atoms with Gasteiger partial charge in [0.15, 0.2) is 0 Å². The highest BCUT2D eigenvalue weighted by atomic mass is 19.4. The highest BCUT2D eigenvalue weighted by molar-refractivity contribution is 5.81. The van der Waals surface area contributed by atoms with Crippen molar-refractivity contribution in [3.63, 3.8) is 0 Å². The van der Waals surface area contributed by atoms with Crippen LogP contribution in [-0.2, 0) is 22.4 Å². The molecule has 1 rings (SSSR count). The lowest BCUT2D eigenvalue weighted by Gasteiger charge is -2.32. The largest absolute Gasteiger partial charge is 0.459 e. The monoisotopic (exact) mass is 345 g/mol. The van der Waals surface area contributed by atoms with Crippen molar-refractivity contribution in [1.82, 2.24) is 0 Å². The van der Waals surface area contributed by atoms with Crippen molar-refractivity contribution in [2.45, 2.75) is 70.7 Å². The van der Waals surface area contributed by atoms with Crippen molar-refractivity contribution in [2.75, 3.05) is 0 Å². The molecule has 0 saturated heterocycles. The first-order valence-electron chi connectivity index (χ1n) is 8.01. The average molecular weight is 345 g/mol. The second-order valence-electron chi connectivity index (χ2n) is 7.19. The van der Waals surface area contributed by atoms with E-state index in [0.717, 1.165) is 18.4 Å². The number of hydrogen-bond acceptors (Lipinski definition) is 3. The first-order valence-corrected chi connectivity index (χ1v) is 8.01. The van der Waals surface area contributed by atoms with Gasteiger partial charge in [-0.3, -0.25) is 4.79 Å². The van der Waals surface area contributed by atoms with Crippen LogP contribution in [0.5, 0.6) is 0 Å². The van der Waals surface area contributed by atoms with Gasteiger partial charge in [-0.25, -0.2) is 0 Å². The maximum Gasteiger partial charge on any atom is 0.391 e. The number of ether oxygens (including phenoxy) is 1. The van der Waals surface area contributed by atoms with Gasteiger partial charge in [0, 0.05) is 6.42 Å². The van der Waals surface area contributed by atoms with Gasteiger partial charge in [0.25, 0.3) is 0 Å². The molecule has 0 saturated carbocycles. The summed E-state index contributed by atoms with van der Waals surface area (Å²) < 4.78 is 43.9. The minimum atomic E-state index is -4.56. The Morgan fingerprint density at radius 2 is 1.58 bits per heavy atom. The van der Waals surface area contributed by atoms with E-state index in [1.807, 2.05) is 19.1 Å². The van der Waals surface area contributed by atoms with Crippen LogP contribution in [0.3, 0.4) is 0 Å². The number of rotatable bonds is 6. The molecular weight excluding hydrogens is 319 g/mol. The maximum absolute atomic E-state index is 12.9. The predicted octanol–water partition coefficient (Wildman–Crippen LogP) is 4.17. The molecule has 0 bridgehead atoms. The molecule has 1 atom stereocenters. The lowest BCUT2D eigenvalue weighted by Crippen LogP contribution is -2.55. The Morgan fingerprint density at radius 3 is 2.00 bits per heavy atom. The molecule has 1 aromatic rings. The van der Waals surface area contributed by atoms with Crippen molar-refractivity contribution in [3.05, 3.63) is 35.4 Å². The zero-order valence-electron chi connectivity index (χ0n) is 14.7. The Bertz CT molecular complexity index is 547. The topological polar surface area (TPSA) is 52.3 Å². The van der Waals surface area contributed by atoms with Crippen molar-refractivity contribution in [2.24, 2.45) is 5.73 Å². The van der Waals surface area contributed by atoms with E-state index >= 15 is 0 Å². The fourth-order valence-electron chi connectivity index (χ4n) is 2.42. The number of halogens is 3. The van der Waals surface area contributed by atoms with Gasteiger partial charge in [0.05, 0.1) is 6.42 Å². The van der Waals surface area contributed by atoms with E-state index in [4.69, 9.17) is 10.5 Å². The van der Waals surface area contributed by atoms with Crippen molar-refractivity contribution >= 4 is 5.97 Å². The van der Waals surface area contributed by atoms with Crippen LogP contribution in [0.2, 0.25) is 0 Å². The van der Waals surface area contributed by atoms with Crippen molar-refractivity contribution < 1.29 is 22.7 Å². The third-order valence-electron chi connectivity index (χ3n) is 3.40. The van der Waals surface area contributed by atoms with Crippen molar-refractivity contribution in [3.8, 4) is 0 Å². The van der Waals surface area contributed by atoms with Gasteiger partial charge in [0.2, 0.25) is 0 Å². The van der Waals surface area contributed by atoms with E-state index in [1.165, 1.54) is 0 Å². The number of esters is 1. The summed E-state index contributed by atoms with van der Waals surface area (Å²) in [6, 6.07) is 7.13. The van der Waals surface area contributed by atoms with Crippen LogP contribution in [0.25, 0.3) is 0 Å². The smallest absolute Gasteiger partial charge is 0.391 e. The molecule has 0 amide bonds. The second-order valence-corrected chi connectivity index (χ2v) is 7.19. The summed E-state index contributed by atoms with van der Waals surface area (Å²) in [6.45, 7) is 6.83. The normalized spacial score (nSPS) is 15.0. The summed E-state index contributed by atoms with van der Waals surface area (Å²) in [4.78, 5) is 12.3. The zero-order valence-corrected chi connectivity index (χ0v) is 14.7. The van der Waals surface area contributed by atoms with Gasteiger partial charge < -0.3 is 10.5 Å². The lowest BCUT2D eigenvalue weighted by molar-refractivity contribution is -0.179. The second kappa shape index (κ2) is 7.55. The first kappa shape index (κ1) is 20.5. The summed E-state index contributed by atoms with van der Waals surface area (Å²) in [5.74, 6) is -1.04. The van der Waals surface area contributed by atoms with Crippen LogP contribution >= 0.6 is 0 Å². The summed E-state index contributed by atoms with van der Waals surface area (Å²) in [7, 11) is 0. The third-order valence-corrected chi connectivity index (χ3v) is 3.40. The Balaban J connectivity index is 3.02. The highest BCUT2D eigenvalue weighted by Crippen LogP contribution is 2.30. The molecule has 0 fully saturated rings. The Labute approximate surface area is 141 Å². The summed E-state index contributed by atoms with van der Waals surface area (Å²) in [5, 5.41) is 0. The van der Waals surface area contributed by atoms with E-state index in [-0.39, 0.29) is 6.42 Å². The summed E-state index contributed by atoms with van der Waals surface area (Å²) in [6.07, 6.45) is -4.35. The molecule has 0 aromatic heterocycles. The van der Waals surface area contributed by atoms with Crippen molar-refractivity contribution in [1.29, 1.82) is 0 Å². The molecule has 0 spiro atoms. The van der Waals surface area contributed by atoms with Crippen LogP contribution in [0.1, 0.15) is 51.7 Å². The van der Waals surface area contributed by atoms with E-state index in [2.05, 4.69) is 0 Å². The third kappa shape index (κ3) is 6.91. The Kier molecular flexibility index (Phi) is 6.45. The Morgan fingerprint density at radius 1 is 1.08 bits per heavy atom. The number of hydrogen-bond donors (Lipinski definition) is 1. The number of nitrogens with two attached hydrogens (primary N) is 1. The minimum absolute atomic E-state index is 0.228. The molecule has 0 aliphatic rings. The van der Waals surface area contributed by atoms with Crippen LogP contribution < -0.4 is 5.73 Å². The molecule has 3 nitrogen and oxygen atoms in total. The molecule has 0 aliphatic heterocycles. The molecule has 1 aromatic carbocycles. The van der Waals surface area contributed by atoms with E-state index in [9.17, 15) is 18.0 Å². The molecule has 0 radical (unpaired) electrons. The number of aryl methyl sites for hydroxylation is 1. The minimum Gasteiger partial charge on any atom is -0.459 e. The van der Waals surface area contributed by atoms with Gasteiger partial charge in [-0.15, -0.1) is 0 Å². The molecule has 0 heterocycles. The van der Waals surface area contributed by atoms with Crippen LogP contribution in [0.15, 0.2) is 24.3 Å².